The first-order valence-corrected chi connectivity index (χ1v) is 11.9. The van der Waals surface area contributed by atoms with Crippen LogP contribution in [0.2, 0.25) is 5.02 Å². The molecule has 28 heavy (non-hydrogen) atoms. The summed E-state index contributed by atoms with van der Waals surface area (Å²) in [6.45, 7) is 5.98. The van der Waals surface area contributed by atoms with Crippen molar-refractivity contribution in [2.75, 3.05) is 39.3 Å². The largest absolute Gasteiger partial charge is 0.335 e. The van der Waals surface area contributed by atoms with Gasteiger partial charge in [-0.15, -0.1) is 11.3 Å². The van der Waals surface area contributed by atoms with Gasteiger partial charge in [0.05, 0.1) is 4.88 Å². The molecule has 1 aromatic carbocycles. The van der Waals surface area contributed by atoms with Gasteiger partial charge in [0.25, 0.3) is 16.1 Å². The molecule has 1 fully saturated rings. The summed E-state index contributed by atoms with van der Waals surface area (Å²) in [5.41, 5.74) is 1.02. The Morgan fingerprint density at radius 3 is 2.21 bits per heavy atom. The molecular formula is C19H24ClN3O3S2. The summed E-state index contributed by atoms with van der Waals surface area (Å²) in [5, 5.41) is 0.675. The lowest BCUT2D eigenvalue weighted by molar-refractivity contribution is 0.0699. The fourth-order valence-electron chi connectivity index (χ4n) is 3.21. The van der Waals surface area contributed by atoms with Crippen LogP contribution in [-0.2, 0) is 10.2 Å². The first-order chi connectivity index (χ1) is 13.4. The lowest BCUT2D eigenvalue weighted by atomic mass is 10.2. The predicted octanol–water partition coefficient (Wildman–Crippen LogP) is 3.41. The molecule has 0 N–H and O–H groups in total. The van der Waals surface area contributed by atoms with Crippen LogP contribution in [0.5, 0.6) is 0 Å². The van der Waals surface area contributed by atoms with Crippen LogP contribution >= 0.6 is 22.9 Å². The topological polar surface area (TPSA) is 60.9 Å². The maximum absolute atomic E-state index is 12.8. The zero-order chi connectivity index (χ0) is 20.3. The van der Waals surface area contributed by atoms with Gasteiger partial charge in [-0.1, -0.05) is 37.6 Å². The van der Waals surface area contributed by atoms with E-state index in [0.717, 1.165) is 10.4 Å². The Balaban J connectivity index is 1.65. The third-order valence-corrected chi connectivity index (χ3v) is 8.39. The van der Waals surface area contributed by atoms with E-state index in [-0.39, 0.29) is 5.91 Å². The normalized spacial score (nSPS) is 15.9. The second kappa shape index (κ2) is 8.92. The summed E-state index contributed by atoms with van der Waals surface area (Å²) in [7, 11) is -3.45. The number of hydrogen-bond donors (Lipinski definition) is 0. The van der Waals surface area contributed by atoms with Crippen molar-refractivity contribution in [3.63, 3.8) is 0 Å². The molecule has 0 bridgehead atoms. The second-order valence-corrected chi connectivity index (χ2v) is 9.90. The Hall–Kier alpha value is -1.45. The van der Waals surface area contributed by atoms with Gasteiger partial charge in [0.2, 0.25) is 0 Å². The molecule has 152 valence electrons. The van der Waals surface area contributed by atoms with Gasteiger partial charge in [-0.3, -0.25) is 4.79 Å². The summed E-state index contributed by atoms with van der Waals surface area (Å²) in [4.78, 5) is 16.2. The first kappa shape index (κ1) is 21.3. The Morgan fingerprint density at radius 2 is 1.64 bits per heavy atom. The van der Waals surface area contributed by atoms with Gasteiger partial charge in [0, 0.05) is 49.2 Å². The highest BCUT2D eigenvalue weighted by atomic mass is 35.5. The van der Waals surface area contributed by atoms with Crippen LogP contribution < -0.4 is 0 Å². The minimum absolute atomic E-state index is 0.0508. The molecule has 1 aromatic heterocycles. The van der Waals surface area contributed by atoms with Gasteiger partial charge in [0.1, 0.15) is 0 Å². The van der Waals surface area contributed by atoms with Crippen molar-refractivity contribution in [1.82, 2.24) is 13.5 Å². The van der Waals surface area contributed by atoms with E-state index in [1.165, 1.54) is 19.9 Å². The van der Waals surface area contributed by atoms with E-state index in [0.29, 0.717) is 49.2 Å². The van der Waals surface area contributed by atoms with E-state index in [9.17, 15) is 13.2 Å². The zero-order valence-corrected chi connectivity index (χ0v) is 18.4. The Labute approximate surface area is 175 Å². The quantitative estimate of drug-likeness (QED) is 0.690. The van der Waals surface area contributed by atoms with E-state index in [4.69, 9.17) is 11.6 Å². The molecule has 3 rings (SSSR count). The van der Waals surface area contributed by atoms with Crippen LogP contribution in [0.1, 0.15) is 23.5 Å². The highest BCUT2D eigenvalue weighted by molar-refractivity contribution is 7.86. The summed E-state index contributed by atoms with van der Waals surface area (Å²) in [6, 6.07) is 11.3. The van der Waals surface area contributed by atoms with Crippen molar-refractivity contribution in [3.8, 4) is 10.4 Å². The van der Waals surface area contributed by atoms with Crippen molar-refractivity contribution < 1.29 is 13.2 Å². The second-order valence-electron chi connectivity index (χ2n) is 6.45. The number of hydrogen-bond acceptors (Lipinski definition) is 4. The summed E-state index contributed by atoms with van der Waals surface area (Å²) in [6.07, 6.45) is 0. The minimum Gasteiger partial charge on any atom is -0.335 e. The van der Waals surface area contributed by atoms with Gasteiger partial charge < -0.3 is 4.90 Å². The number of carbonyl (C=O) groups is 1. The van der Waals surface area contributed by atoms with E-state index in [2.05, 4.69) is 0 Å². The van der Waals surface area contributed by atoms with Gasteiger partial charge >= 0.3 is 0 Å². The summed E-state index contributed by atoms with van der Waals surface area (Å²) in [5.74, 6) is -0.0508. The molecule has 1 aliphatic rings. The SMILES string of the molecule is CCN(CC)S(=O)(=O)N1CCN(C(=O)c2ccc(-c3ccc(Cl)cc3)s2)CC1. The molecule has 2 heterocycles. The Morgan fingerprint density at radius 1 is 1.04 bits per heavy atom. The van der Waals surface area contributed by atoms with Crippen molar-refractivity contribution in [2.24, 2.45) is 0 Å². The molecule has 1 aliphatic heterocycles. The van der Waals surface area contributed by atoms with Gasteiger partial charge in [0.15, 0.2) is 0 Å². The van der Waals surface area contributed by atoms with Crippen LogP contribution in [0.4, 0.5) is 0 Å². The van der Waals surface area contributed by atoms with Crippen molar-refractivity contribution in [2.45, 2.75) is 13.8 Å². The molecule has 2 aromatic rings. The van der Waals surface area contributed by atoms with Crippen molar-refractivity contribution in [1.29, 1.82) is 0 Å². The van der Waals surface area contributed by atoms with Crippen LogP contribution in [0.3, 0.4) is 0 Å². The average Bonchev–Trinajstić information content (AvgIpc) is 3.19. The highest BCUT2D eigenvalue weighted by Crippen LogP contribution is 2.30. The molecule has 0 unspecified atom stereocenters. The zero-order valence-electron chi connectivity index (χ0n) is 16.0. The standard InChI is InChI=1S/C19H24ClN3O3S2/c1-3-22(4-2)28(25,26)23-13-11-21(12-14-23)19(24)18-10-9-17(27-18)15-5-7-16(20)8-6-15/h5-10H,3-4,11-14H2,1-2H3. The molecule has 1 amide bonds. The number of nitrogens with zero attached hydrogens (tertiary/aromatic N) is 3. The molecule has 0 aliphatic carbocycles. The van der Waals surface area contributed by atoms with Crippen LogP contribution in [0.25, 0.3) is 10.4 Å². The Kier molecular flexibility index (Phi) is 6.77. The molecule has 0 saturated carbocycles. The van der Waals surface area contributed by atoms with Crippen LogP contribution in [0, 0.1) is 0 Å². The van der Waals surface area contributed by atoms with Crippen LogP contribution in [0.15, 0.2) is 36.4 Å². The smallest absolute Gasteiger partial charge is 0.282 e. The Bertz CT molecular complexity index is 916. The van der Waals surface area contributed by atoms with Gasteiger partial charge in [-0.05, 0) is 29.8 Å². The number of rotatable bonds is 6. The molecule has 0 radical (unpaired) electrons. The number of benzene rings is 1. The minimum atomic E-state index is -3.45. The first-order valence-electron chi connectivity index (χ1n) is 9.27. The van der Waals surface area contributed by atoms with E-state index < -0.39 is 10.2 Å². The number of thiophene rings is 1. The molecule has 1 saturated heterocycles. The number of halogens is 1. The van der Waals surface area contributed by atoms with E-state index >= 15 is 0 Å². The number of amides is 1. The molecular weight excluding hydrogens is 418 g/mol. The number of piperazine rings is 1. The maximum atomic E-state index is 12.8. The molecule has 6 nitrogen and oxygen atoms in total. The molecule has 9 heteroatoms. The van der Waals surface area contributed by atoms with E-state index in [1.54, 1.807) is 4.90 Å². The average molecular weight is 442 g/mol. The van der Waals surface area contributed by atoms with Crippen LogP contribution in [-0.4, -0.2) is 67.1 Å². The van der Waals surface area contributed by atoms with Gasteiger partial charge in [-0.2, -0.15) is 17.0 Å². The van der Waals surface area contributed by atoms with Crippen molar-refractivity contribution >= 4 is 39.1 Å². The fourth-order valence-corrected chi connectivity index (χ4v) is 5.92. The lowest BCUT2D eigenvalue weighted by Crippen LogP contribution is -2.54. The third kappa shape index (κ3) is 4.41. The molecule has 0 atom stereocenters. The fraction of sp³-hybridized carbons (Fsp3) is 0.421. The third-order valence-electron chi connectivity index (χ3n) is 4.83. The maximum Gasteiger partial charge on any atom is 0.282 e. The summed E-state index contributed by atoms with van der Waals surface area (Å²) < 4.78 is 28.2. The van der Waals surface area contributed by atoms with E-state index in [1.807, 2.05) is 50.2 Å². The summed E-state index contributed by atoms with van der Waals surface area (Å²) >= 11 is 7.37. The number of carbonyl (C=O) groups excluding carboxylic acids is 1. The lowest BCUT2D eigenvalue weighted by Gasteiger charge is -2.36. The van der Waals surface area contributed by atoms with Crippen molar-refractivity contribution in [3.05, 3.63) is 46.3 Å². The monoisotopic (exact) mass is 441 g/mol. The predicted molar refractivity (Wildman–Crippen MR) is 114 cm³/mol. The van der Waals surface area contributed by atoms with Gasteiger partial charge in [-0.25, -0.2) is 0 Å². The molecule has 0 spiro atoms. The highest BCUT2D eigenvalue weighted by Gasteiger charge is 2.32.